The lowest BCUT2D eigenvalue weighted by Gasteiger charge is -2.59. The quantitative estimate of drug-likeness (QED) is 0.791. The number of allylic oxidation sites excluding steroid dienone is 2. The Labute approximate surface area is 146 Å². The van der Waals surface area contributed by atoms with Gasteiger partial charge in [-0.25, -0.2) is 0 Å². The molecule has 3 aliphatic carbocycles. The van der Waals surface area contributed by atoms with Crippen LogP contribution in [0.1, 0.15) is 39.7 Å². The molecule has 0 radical (unpaired) electrons. The maximum atomic E-state index is 11.1. The zero-order chi connectivity index (χ0) is 17.4. The van der Waals surface area contributed by atoms with E-state index in [-0.39, 0.29) is 11.3 Å². The van der Waals surface area contributed by atoms with Crippen molar-refractivity contribution in [3.05, 3.63) is 59.7 Å². The zero-order valence-electron chi connectivity index (χ0n) is 15.3. The molecule has 2 bridgehead atoms. The first-order valence-corrected chi connectivity index (χ1v) is 9.07. The van der Waals surface area contributed by atoms with Gasteiger partial charge in [0.25, 0.3) is 0 Å². The van der Waals surface area contributed by atoms with Crippen LogP contribution in [0.2, 0.25) is 0 Å². The third kappa shape index (κ3) is 2.87. The summed E-state index contributed by atoms with van der Waals surface area (Å²) in [5.41, 5.74) is 2.01. The number of hydrogen-bond donors (Lipinski definition) is 1. The van der Waals surface area contributed by atoms with Crippen molar-refractivity contribution < 1.29 is 9.84 Å². The average Bonchev–Trinajstić information content (AvgIpc) is 2.56. The maximum Gasteiger partial charge on any atom is 0.0898 e. The van der Waals surface area contributed by atoms with Crippen LogP contribution in [0.5, 0.6) is 0 Å². The van der Waals surface area contributed by atoms with Crippen LogP contribution in [0, 0.1) is 23.2 Å². The number of hydrogen-bond acceptors (Lipinski definition) is 2. The van der Waals surface area contributed by atoms with Crippen LogP contribution in [0.3, 0.4) is 0 Å². The number of fused-ring (bicyclic) bond motifs is 2. The molecule has 2 nitrogen and oxygen atoms in total. The van der Waals surface area contributed by atoms with E-state index in [1.165, 1.54) is 11.1 Å². The highest BCUT2D eigenvalue weighted by molar-refractivity contribution is 5.30. The molecule has 0 aromatic heterocycles. The Hall–Kier alpha value is -1.38. The summed E-state index contributed by atoms with van der Waals surface area (Å²) in [6, 6.07) is 10.3. The minimum Gasteiger partial charge on any atom is -0.385 e. The van der Waals surface area contributed by atoms with Crippen LogP contribution in [0.25, 0.3) is 0 Å². The first-order chi connectivity index (χ1) is 11.4. The van der Waals surface area contributed by atoms with Gasteiger partial charge in [0.2, 0.25) is 0 Å². The number of rotatable bonds is 5. The molecule has 24 heavy (non-hydrogen) atoms. The molecule has 5 atom stereocenters. The fraction of sp³-hybridized carbons (Fsp3) is 0.545. The van der Waals surface area contributed by atoms with Crippen LogP contribution in [0.4, 0.5) is 0 Å². The number of benzene rings is 1. The topological polar surface area (TPSA) is 29.5 Å². The summed E-state index contributed by atoms with van der Waals surface area (Å²) < 4.78 is 6.13. The molecule has 1 aromatic carbocycles. The van der Waals surface area contributed by atoms with E-state index in [0.717, 1.165) is 13.0 Å². The molecule has 0 saturated heterocycles. The van der Waals surface area contributed by atoms with E-state index in [0.29, 0.717) is 18.4 Å². The molecular formula is C22H30O2. The van der Waals surface area contributed by atoms with E-state index in [4.69, 9.17) is 4.74 Å². The van der Waals surface area contributed by atoms with Gasteiger partial charge in [-0.2, -0.15) is 0 Å². The largest absolute Gasteiger partial charge is 0.385 e. The van der Waals surface area contributed by atoms with E-state index < -0.39 is 5.60 Å². The molecule has 1 N–H and O–H groups in total. The van der Waals surface area contributed by atoms with Gasteiger partial charge in [0.1, 0.15) is 0 Å². The highest BCUT2D eigenvalue weighted by Gasteiger charge is 2.57. The maximum absolute atomic E-state index is 11.1. The predicted octanol–water partition coefficient (Wildman–Crippen LogP) is 4.75. The first-order valence-electron chi connectivity index (χ1n) is 9.07. The van der Waals surface area contributed by atoms with Gasteiger partial charge in [0, 0.05) is 11.3 Å². The fourth-order valence-electron chi connectivity index (χ4n) is 4.89. The summed E-state index contributed by atoms with van der Waals surface area (Å²) in [7, 11) is 0. The Balaban J connectivity index is 1.75. The normalized spacial score (nSPS) is 38.5. The lowest BCUT2D eigenvalue weighted by atomic mass is 9.48. The van der Waals surface area contributed by atoms with Crippen molar-refractivity contribution in [2.45, 2.75) is 46.3 Å². The molecular weight excluding hydrogens is 296 g/mol. The van der Waals surface area contributed by atoms with Crippen molar-refractivity contribution in [2.24, 2.45) is 23.2 Å². The Bertz CT molecular complexity index is 633. The Morgan fingerprint density at radius 1 is 1.29 bits per heavy atom. The van der Waals surface area contributed by atoms with Gasteiger partial charge >= 0.3 is 0 Å². The fourth-order valence-corrected chi connectivity index (χ4v) is 4.89. The van der Waals surface area contributed by atoms with Crippen LogP contribution in [-0.2, 0) is 11.3 Å². The summed E-state index contributed by atoms with van der Waals surface area (Å²) >= 11 is 0. The van der Waals surface area contributed by atoms with Gasteiger partial charge in [0.15, 0.2) is 0 Å². The second kappa shape index (κ2) is 6.50. The summed E-state index contributed by atoms with van der Waals surface area (Å²) in [6.07, 6.45) is 7.09. The summed E-state index contributed by atoms with van der Waals surface area (Å²) in [4.78, 5) is 0. The molecule has 3 aliphatic rings. The van der Waals surface area contributed by atoms with Crippen molar-refractivity contribution in [1.29, 1.82) is 0 Å². The third-order valence-electron chi connectivity index (χ3n) is 6.46. The van der Waals surface area contributed by atoms with Gasteiger partial charge in [0.05, 0.1) is 18.8 Å². The van der Waals surface area contributed by atoms with Crippen LogP contribution >= 0.6 is 0 Å². The Kier molecular flexibility index (Phi) is 4.72. The standard InChI is InChI=1S/C22H30O2/c1-5-11-22(23)13-20-16(2)12-19(22)17(3)21(20,4)15-24-14-18-9-7-6-8-10-18/h5-12,17,19-20,23H,13-15H2,1-4H3/b11-5+/t17-,19+,20-,21+,22+/m1/s1. The van der Waals surface area contributed by atoms with Gasteiger partial charge in [-0.3, -0.25) is 0 Å². The van der Waals surface area contributed by atoms with Crippen LogP contribution < -0.4 is 0 Å². The average molecular weight is 326 g/mol. The number of ether oxygens (including phenoxy) is 1. The molecule has 0 unspecified atom stereocenters. The first kappa shape index (κ1) is 17.4. The van der Waals surface area contributed by atoms with E-state index >= 15 is 0 Å². The van der Waals surface area contributed by atoms with E-state index in [9.17, 15) is 5.11 Å². The van der Waals surface area contributed by atoms with E-state index in [1.807, 2.05) is 25.1 Å². The lowest BCUT2D eigenvalue weighted by molar-refractivity contribution is -0.132. The van der Waals surface area contributed by atoms with Crippen molar-refractivity contribution in [1.82, 2.24) is 0 Å². The smallest absolute Gasteiger partial charge is 0.0898 e. The highest BCUT2D eigenvalue weighted by atomic mass is 16.5. The molecule has 2 heteroatoms. The molecule has 0 amide bonds. The minimum absolute atomic E-state index is 0.0755. The summed E-state index contributed by atoms with van der Waals surface area (Å²) in [5.74, 6) is 0.926. The van der Waals surface area contributed by atoms with E-state index in [2.05, 4.69) is 51.1 Å². The zero-order valence-corrected chi connectivity index (χ0v) is 15.3. The Morgan fingerprint density at radius 2 is 2.00 bits per heavy atom. The highest BCUT2D eigenvalue weighted by Crippen LogP contribution is 2.59. The second-order valence-electron chi connectivity index (χ2n) is 7.96. The van der Waals surface area contributed by atoms with Crippen molar-refractivity contribution in [2.75, 3.05) is 6.61 Å². The number of aliphatic hydroxyl groups is 1. The second-order valence-corrected chi connectivity index (χ2v) is 7.96. The van der Waals surface area contributed by atoms with Crippen molar-refractivity contribution in [3.8, 4) is 0 Å². The summed E-state index contributed by atoms with van der Waals surface area (Å²) in [5, 5.41) is 11.1. The molecule has 0 aliphatic heterocycles. The Morgan fingerprint density at radius 3 is 2.67 bits per heavy atom. The molecule has 1 aromatic rings. The lowest BCUT2D eigenvalue weighted by Crippen LogP contribution is -2.59. The van der Waals surface area contributed by atoms with Crippen LogP contribution in [-0.4, -0.2) is 17.3 Å². The predicted molar refractivity (Wildman–Crippen MR) is 98.5 cm³/mol. The third-order valence-corrected chi connectivity index (χ3v) is 6.46. The molecule has 130 valence electrons. The molecule has 1 saturated carbocycles. The molecule has 4 rings (SSSR count). The monoisotopic (exact) mass is 326 g/mol. The van der Waals surface area contributed by atoms with Crippen molar-refractivity contribution in [3.63, 3.8) is 0 Å². The van der Waals surface area contributed by atoms with Gasteiger partial charge in [-0.05, 0) is 37.7 Å². The van der Waals surface area contributed by atoms with Gasteiger partial charge in [-0.1, -0.05) is 68.0 Å². The molecule has 1 fully saturated rings. The van der Waals surface area contributed by atoms with Crippen LogP contribution in [0.15, 0.2) is 54.1 Å². The van der Waals surface area contributed by atoms with Crippen molar-refractivity contribution >= 4 is 0 Å². The summed E-state index contributed by atoms with van der Waals surface area (Å²) in [6.45, 7) is 10.2. The molecule has 0 spiro atoms. The van der Waals surface area contributed by atoms with Gasteiger partial charge in [-0.15, -0.1) is 0 Å². The minimum atomic E-state index is -0.697. The van der Waals surface area contributed by atoms with Gasteiger partial charge < -0.3 is 9.84 Å². The SMILES string of the molecule is C/C=C/[C@]1(O)C[C@@H]2C(C)=C[C@H]1[C@@H](C)[C@]2(C)COCc1ccccc1. The molecule has 0 heterocycles. The van der Waals surface area contributed by atoms with E-state index in [1.54, 1.807) is 0 Å².